The maximum atomic E-state index is 10.7. The fourth-order valence-corrected chi connectivity index (χ4v) is 2.16. The second-order valence-corrected chi connectivity index (χ2v) is 4.77. The van der Waals surface area contributed by atoms with Crippen molar-refractivity contribution < 1.29 is 4.79 Å². The highest BCUT2D eigenvalue weighted by Gasteiger charge is 2.04. The van der Waals surface area contributed by atoms with E-state index in [1.54, 1.807) is 6.20 Å². The highest BCUT2D eigenvalue weighted by Crippen LogP contribution is 2.22. The Bertz CT molecular complexity index is 772. The predicted molar refractivity (Wildman–Crippen MR) is 75.5 cm³/mol. The van der Waals surface area contributed by atoms with Crippen molar-refractivity contribution in [2.45, 2.75) is 13.8 Å². The summed E-state index contributed by atoms with van der Waals surface area (Å²) in [5, 5.41) is 0. The number of nitrogens with zero attached hydrogens (tertiary/aromatic N) is 2. The molecule has 0 saturated carbocycles. The third kappa shape index (κ3) is 2.03. The average Bonchev–Trinajstić information content (AvgIpc) is 2.83. The number of aromatic nitrogens is 2. The normalized spacial score (nSPS) is 10.8. The molecule has 2 aromatic heterocycles. The highest BCUT2D eigenvalue weighted by molar-refractivity contribution is 5.74. The van der Waals surface area contributed by atoms with Crippen LogP contribution in [0, 0.1) is 13.8 Å². The Morgan fingerprint density at radius 3 is 2.53 bits per heavy atom. The van der Waals surface area contributed by atoms with Gasteiger partial charge in [-0.2, -0.15) is 0 Å². The molecular weight excluding hydrogens is 236 g/mol. The summed E-state index contributed by atoms with van der Waals surface area (Å²) >= 11 is 0. The summed E-state index contributed by atoms with van der Waals surface area (Å²) < 4.78 is 1.88. The molecule has 0 aliphatic rings. The third-order valence-corrected chi connectivity index (χ3v) is 3.43. The molecule has 0 aliphatic heterocycles. The van der Waals surface area contributed by atoms with Gasteiger partial charge in [0.2, 0.25) is 0 Å². The van der Waals surface area contributed by atoms with Crippen LogP contribution in [0.3, 0.4) is 0 Å². The summed E-state index contributed by atoms with van der Waals surface area (Å²) in [6, 6.07) is 10.4. The quantitative estimate of drug-likeness (QED) is 0.653. The molecule has 3 nitrogen and oxygen atoms in total. The molecule has 1 aromatic carbocycles. The summed E-state index contributed by atoms with van der Waals surface area (Å²) in [7, 11) is 0. The van der Waals surface area contributed by atoms with Gasteiger partial charge in [0.25, 0.3) is 0 Å². The van der Waals surface area contributed by atoms with Crippen molar-refractivity contribution in [3.8, 4) is 11.1 Å². The first kappa shape index (κ1) is 11.7. The van der Waals surface area contributed by atoms with Gasteiger partial charge in [0.1, 0.15) is 11.3 Å². The number of carbonyl (C=O) groups excluding carboxylic acids is 1. The zero-order chi connectivity index (χ0) is 13.4. The van der Waals surface area contributed by atoms with Gasteiger partial charge in [-0.25, -0.2) is 4.98 Å². The number of aryl methyl sites for hydroxylation is 2. The van der Waals surface area contributed by atoms with Crippen molar-refractivity contribution in [2.75, 3.05) is 0 Å². The molecule has 0 saturated heterocycles. The topological polar surface area (TPSA) is 34.4 Å². The summed E-state index contributed by atoms with van der Waals surface area (Å²) in [6.07, 6.45) is 4.51. The van der Waals surface area contributed by atoms with Gasteiger partial charge in [0.05, 0.1) is 0 Å². The van der Waals surface area contributed by atoms with Crippen molar-refractivity contribution in [1.82, 2.24) is 9.38 Å². The Balaban J connectivity index is 2.13. The molecule has 2 heterocycles. The van der Waals surface area contributed by atoms with Gasteiger partial charge in [-0.05, 0) is 48.2 Å². The first-order valence-electron chi connectivity index (χ1n) is 6.19. The lowest BCUT2D eigenvalue weighted by Crippen LogP contribution is -1.87. The summed E-state index contributed by atoms with van der Waals surface area (Å²) in [4.78, 5) is 14.9. The number of aldehydes is 1. The number of imidazole rings is 1. The zero-order valence-corrected chi connectivity index (χ0v) is 10.9. The molecule has 0 unspecified atom stereocenters. The van der Waals surface area contributed by atoms with E-state index < -0.39 is 0 Å². The van der Waals surface area contributed by atoms with Crippen LogP contribution in [0.5, 0.6) is 0 Å². The van der Waals surface area contributed by atoms with Crippen LogP contribution in [0.2, 0.25) is 0 Å². The van der Waals surface area contributed by atoms with Gasteiger partial charge in [-0.3, -0.25) is 4.79 Å². The molecule has 0 aliphatic carbocycles. The van der Waals surface area contributed by atoms with E-state index >= 15 is 0 Å². The van der Waals surface area contributed by atoms with E-state index in [0.717, 1.165) is 17.5 Å². The zero-order valence-electron chi connectivity index (χ0n) is 10.9. The standard InChI is InChI=1S/C16H14N2O/c1-11-3-4-13(7-12(11)2)14-5-6-16-17-15(10-19)9-18(16)8-14/h3-10H,1-2H3. The van der Waals surface area contributed by atoms with Crippen LogP contribution in [0.15, 0.2) is 42.7 Å². The molecule has 0 radical (unpaired) electrons. The lowest BCUT2D eigenvalue weighted by molar-refractivity contribution is 0.111. The first-order chi connectivity index (χ1) is 9.17. The van der Waals surface area contributed by atoms with Crippen molar-refractivity contribution in [1.29, 1.82) is 0 Å². The van der Waals surface area contributed by atoms with Crippen LogP contribution >= 0.6 is 0 Å². The molecular formula is C16H14N2O. The van der Waals surface area contributed by atoms with E-state index in [9.17, 15) is 4.79 Å². The Hall–Kier alpha value is -2.42. The predicted octanol–water partition coefficient (Wildman–Crippen LogP) is 3.43. The lowest BCUT2D eigenvalue weighted by Gasteiger charge is -2.06. The van der Waals surface area contributed by atoms with E-state index in [-0.39, 0.29) is 0 Å². The monoisotopic (exact) mass is 250 g/mol. The molecule has 0 N–H and O–H groups in total. The number of hydrogen-bond donors (Lipinski definition) is 0. The van der Waals surface area contributed by atoms with E-state index in [0.29, 0.717) is 5.69 Å². The molecule has 3 aromatic rings. The Morgan fingerprint density at radius 2 is 1.79 bits per heavy atom. The number of rotatable bonds is 2. The lowest BCUT2D eigenvalue weighted by atomic mass is 10.0. The molecule has 0 fully saturated rings. The number of pyridine rings is 1. The fraction of sp³-hybridized carbons (Fsp3) is 0.125. The van der Waals surface area contributed by atoms with Crippen LogP contribution in [0.25, 0.3) is 16.8 Å². The molecule has 94 valence electrons. The third-order valence-electron chi connectivity index (χ3n) is 3.43. The largest absolute Gasteiger partial charge is 0.306 e. The van der Waals surface area contributed by atoms with E-state index in [4.69, 9.17) is 0 Å². The Kier molecular flexibility index (Phi) is 2.67. The second-order valence-electron chi connectivity index (χ2n) is 4.77. The minimum absolute atomic E-state index is 0.456. The number of benzene rings is 1. The van der Waals surface area contributed by atoms with Gasteiger partial charge < -0.3 is 4.40 Å². The van der Waals surface area contributed by atoms with Gasteiger partial charge in [0, 0.05) is 12.4 Å². The summed E-state index contributed by atoms with van der Waals surface area (Å²) in [5.74, 6) is 0. The van der Waals surface area contributed by atoms with Gasteiger partial charge in [-0.15, -0.1) is 0 Å². The molecule has 0 bridgehead atoms. The number of hydrogen-bond acceptors (Lipinski definition) is 2. The van der Waals surface area contributed by atoms with Crippen LogP contribution in [-0.2, 0) is 0 Å². The number of carbonyl (C=O) groups is 1. The second kappa shape index (κ2) is 4.35. The minimum Gasteiger partial charge on any atom is -0.306 e. The Labute approximate surface area is 111 Å². The summed E-state index contributed by atoms with van der Waals surface area (Å²) in [5.41, 5.74) is 6.09. The van der Waals surface area contributed by atoms with Crippen molar-refractivity contribution in [3.63, 3.8) is 0 Å². The molecule has 0 spiro atoms. The summed E-state index contributed by atoms with van der Waals surface area (Å²) in [6.45, 7) is 4.22. The molecule has 3 heteroatoms. The van der Waals surface area contributed by atoms with Crippen LogP contribution in [0.1, 0.15) is 21.6 Å². The van der Waals surface area contributed by atoms with E-state index in [1.165, 1.54) is 16.7 Å². The fourth-order valence-electron chi connectivity index (χ4n) is 2.16. The SMILES string of the molecule is Cc1ccc(-c2ccc3nc(C=O)cn3c2)cc1C. The van der Waals surface area contributed by atoms with E-state index in [2.05, 4.69) is 37.0 Å². The van der Waals surface area contributed by atoms with Gasteiger partial charge in [-0.1, -0.05) is 18.2 Å². The average molecular weight is 250 g/mol. The van der Waals surface area contributed by atoms with Crippen molar-refractivity contribution in [2.24, 2.45) is 0 Å². The maximum absolute atomic E-state index is 10.7. The highest BCUT2D eigenvalue weighted by atomic mass is 16.1. The smallest absolute Gasteiger partial charge is 0.170 e. The Morgan fingerprint density at radius 1 is 1.00 bits per heavy atom. The molecule has 0 amide bonds. The van der Waals surface area contributed by atoms with Gasteiger partial charge >= 0.3 is 0 Å². The molecule has 0 atom stereocenters. The van der Waals surface area contributed by atoms with Gasteiger partial charge in [0.15, 0.2) is 6.29 Å². The number of fused-ring (bicyclic) bond motifs is 1. The molecule has 19 heavy (non-hydrogen) atoms. The first-order valence-corrected chi connectivity index (χ1v) is 6.19. The van der Waals surface area contributed by atoms with Crippen molar-refractivity contribution >= 4 is 11.9 Å². The van der Waals surface area contributed by atoms with Crippen molar-refractivity contribution in [3.05, 3.63) is 59.5 Å². The van der Waals surface area contributed by atoms with E-state index in [1.807, 2.05) is 22.7 Å². The van der Waals surface area contributed by atoms with Crippen LogP contribution in [0.4, 0.5) is 0 Å². The van der Waals surface area contributed by atoms with Crippen LogP contribution < -0.4 is 0 Å². The van der Waals surface area contributed by atoms with Crippen LogP contribution in [-0.4, -0.2) is 15.7 Å². The maximum Gasteiger partial charge on any atom is 0.170 e. The minimum atomic E-state index is 0.456. The molecule has 3 rings (SSSR count).